The summed E-state index contributed by atoms with van der Waals surface area (Å²) in [6.45, 7) is 4.10. The van der Waals surface area contributed by atoms with Crippen LogP contribution in [0.1, 0.15) is 46.0 Å². The fraction of sp³-hybridized carbons (Fsp3) is 0.440. The first-order chi connectivity index (χ1) is 15.1. The lowest BCUT2D eigenvalue weighted by Gasteiger charge is -2.28. The first kappa shape index (κ1) is 24.7. The van der Waals surface area contributed by atoms with Gasteiger partial charge in [-0.25, -0.2) is 0 Å². The summed E-state index contributed by atoms with van der Waals surface area (Å²) in [5, 5.41) is 3.65. The number of Topliss-reactive ketones (excluding diaryl/α,β-unsaturated/α-hetero) is 1. The zero-order valence-corrected chi connectivity index (χ0v) is 19.1. The second kappa shape index (κ2) is 13.7. The molecule has 31 heavy (non-hydrogen) atoms. The first-order valence-electron chi connectivity index (χ1n) is 11.0. The van der Waals surface area contributed by atoms with Crippen LogP contribution in [0.5, 0.6) is 11.5 Å². The predicted octanol–water partition coefficient (Wildman–Crippen LogP) is 5.46. The third-order valence-corrected chi connectivity index (χ3v) is 5.31. The molecule has 5 nitrogen and oxygen atoms in total. The van der Waals surface area contributed by atoms with Crippen LogP contribution < -0.4 is 14.8 Å². The van der Waals surface area contributed by atoms with Crippen LogP contribution in [0.4, 0.5) is 0 Å². The van der Waals surface area contributed by atoms with E-state index in [0.29, 0.717) is 28.9 Å². The highest BCUT2D eigenvalue weighted by Crippen LogP contribution is 2.27. The van der Waals surface area contributed by atoms with E-state index in [2.05, 4.69) is 5.32 Å². The SMILES string of the molecule is CC.O=C(COc1ccccc1)CC1CCC(NC(=O)COc2ccc(Cl)cc2)CC1. The summed E-state index contributed by atoms with van der Waals surface area (Å²) >= 11 is 5.83. The van der Waals surface area contributed by atoms with E-state index in [1.165, 1.54) is 0 Å². The molecule has 0 saturated heterocycles. The largest absolute Gasteiger partial charge is 0.486 e. The molecule has 0 spiro atoms. The average molecular weight is 446 g/mol. The highest BCUT2D eigenvalue weighted by Gasteiger charge is 2.24. The number of ketones is 1. The summed E-state index contributed by atoms with van der Waals surface area (Å²) in [6, 6.07) is 16.4. The van der Waals surface area contributed by atoms with Gasteiger partial charge in [-0.05, 0) is 68.0 Å². The second-order valence-corrected chi connectivity index (χ2v) is 7.81. The lowest BCUT2D eigenvalue weighted by atomic mass is 9.83. The number of rotatable bonds is 9. The van der Waals surface area contributed by atoms with Gasteiger partial charge in [0.1, 0.15) is 18.1 Å². The van der Waals surface area contributed by atoms with Crippen molar-refractivity contribution in [2.24, 2.45) is 5.92 Å². The Bertz CT molecular complexity index is 787. The van der Waals surface area contributed by atoms with E-state index in [1.807, 2.05) is 44.2 Å². The maximum absolute atomic E-state index is 12.2. The van der Waals surface area contributed by atoms with Gasteiger partial charge in [0, 0.05) is 17.5 Å². The molecule has 1 saturated carbocycles. The van der Waals surface area contributed by atoms with Gasteiger partial charge >= 0.3 is 0 Å². The lowest BCUT2D eigenvalue weighted by Crippen LogP contribution is -2.40. The van der Waals surface area contributed by atoms with Gasteiger partial charge in [0.15, 0.2) is 12.4 Å². The van der Waals surface area contributed by atoms with E-state index < -0.39 is 0 Å². The van der Waals surface area contributed by atoms with Gasteiger partial charge in [-0.3, -0.25) is 9.59 Å². The van der Waals surface area contributed by atoms with Gasteiger partial charge in [0.25, 0.3) is 5.91 Å². The van der Waals surface area contributed by atoms with Crippen LogP contribution in [0.25, 0.3) is 0 Å². The Hall–Kier alpha value is -2.53. The number of para-hydroxylation sites is 1. The Morgan fingerprint density at radius 2 is 1.45 bits per heavy atom. The third kappa shape index (κ3) is 9.43. The molecule has 1 N–H and O–H groups in total. The molecule has 6 heteroatoms. The number of carbonyl (C=O) groups is 2. The molecule has 0 aromatic heterocycles. The molecule has 0 radical (unpaired) electrons. The van der Waals surface area contributed by atoms with Crippen molar-refractivity contribution < 1.29 is 19.1 Å². The molecule has 2 aromatic carbocycles. The molecule has 1 fully saturated rings. The molecule has 2 aromatic rings. The first-order valence-corrected chi connectivity index (χ1v) is 11.3. The normalized spacial score (nSPS) is 17.6. The van der Waals surface area contributed by atoms with E-state index in [0.717, 1.165) is 25.7 Å². The minimum atomic E-state index is -0.129. The van der Waals surface area contributed by atoms with Crippen molar-refractivity contribution in [1.82, 2.24) is 5.32 Å². The van der Waals surface area contributed by atoms with Crippen LogP contribution in [0.3, 0.4) is 0 Å². The quantitative estimate of drug-likeness (QED) is 0.556. The summed E-state index contributed by atoms with van der Waals surface area (Å²) in [7, 11) is 0. The van der Waals surface area contributed by atoms with E-state index in [-0.39, 0.29) is 30.9 Å². The molecule has 0 aliphatic heterocycles. The molecule has 0 atom stereocenters. The van der Waals surface area contributed by atoms with Crippen LogP contribution in [-0.2, 0) is 9.59 Å². The fourth-order valence-corrected chi connectivity index (χ4v) is 3.65. The van der Waals surface area contributed by atoms with Crippen molar-refractivity contribution in [3.05, 3.63) is 59.6 Å². The zero-order chi connectivity index (χ0) is 22.5. The zero-order valence-electron chi connectivity index (χ0n) is 18.3. The molecule has 168 valence electrons. The van der Waals surface area contributed by atoms with Crippen molar-refractivity contribution >= 4 is 23.3 Å². The van der Waals surface area contributed by atoms with Crippen LogP contribution in [0.15, 0.2) is 54.6 Å². The van der Waals surface area contributed by atoms with E-state index >= 15 is 0 Å². The fourth-order valence-electron chi connectivity index (χ4n) is 3.52. The summed E-state index contributed by atoms with van der Waals surface area (Å²) in [5.41, 5.74) is 0. The molecule has 1 aliphatic rings. The van der Waals surface area contributed by atoms with Crippen LogP contribution in [0.2, 0.25) is 5.02 Å². The molecule has 1 amide bonds. The van der Waals surface area contributed by atoms with Crippen molar-refractivity contribution in [3.8, 4) is 11.5 Å². The Balaban J connectivity index is 0.00000166. The Kier molecular flexibility index (Phi) is 10.9. The Morgan fingerprint density at radius 3 is 2.10 bits per heavy atom. The summed E-state index contributed by atoms with van der Waals surface area (Å²) in [5.74, 6) is 1.69. The van der Waals surface area contributed by atoms with Gasteiger partial charge in [-0.1, -0.05) is 43.6 Å². The highest BCUT2D eigenvalue weighted by atomic mass is 35.5. The molecular formula is C25H32ClNO4. The monoisotopic (exact) mass is 445 g/mol. The van der Waals surface area contributed by atoms with Crippen LogP contribution in [-0.4, -0.2) is 30.9 Å². The Labute approximate surface area is 190 Å². The van der Waals surface area contributed by atoms with Gasteiger partial charge in [0.05, 0.1) is 0 Å². The summed E-state index contributed by atoms with van der Waals surface area (Å²) in [4.78, 5) is 24.3. The number of carbonyl (C=O) groups excluding carboxylic acids is 2. The van der Waals surface area contributed by atoms with Crippen molar-refractivity contribution in [3.63, 3.8) is 0 Å². The highest BCUT2D eigenvalue weighted by molar-refractivity contribution is 6.30. The molecule has 0 heterocycles. The molecule has 0 unspecified atom stereocenters. The smallest absolute Gasteiger partial charge is 0.258 e. The number of hydrogen-bond donors (Lipinski definition) is 1. The maximum Gasteiger partial charge on any atom is 0.258 e. The standard InChI is InChI=1S/C23H26ClNO4.C2H6/c24-18-8-12-22(13-9-18)29-16-23(27)25-19-10-6-17(7-11-19)14-20(26)15-28-21-4-2-1-3-5-21;1-2/h1-5,8-9,12-13,17,19H,6-7,10-11,14-16H2,(H,25,27);1-2H3. The summed E-state index contributed by atoms with van der Waals surface area (Å²) < 4.78 is 11.0. The molecular weight excluding hydrogens is 414 g/mol. The molecule has 0 bridgehead atoms. The van der Waals surface area contributed by atoms with Crippen molar-refractivity contribution in [1.29, 1.82) is 0 Å². The van der Waals surface area contributed by atoms with Gasteiger partial charge in [0.2, 0.25) is 0 Å². The number of nitrogens with one attached hydrogen (secondary N) is 1. The lowest BCUT2D eigenvalue weighted by molar-refractivity contribution is -0.125. The van der Waals surface area contributed by atoms with Crippen LogP contribution in [0, 0.1) is 5.92 Å². The van der Waals surface area contributed by atoms with Crippen molar-refractivity contribution in [2.75, 3.05) is 13.2 Å². The third-order valence-electron chi connectivity index (χ3n) is 5.05. The minimum absolute atomic E-state index is 0.0170. The van der Waals surface area contributed by atoms with Gasteiger partial charge in [-0.15, -0.1) is 0 Å². The second-order valence-electron chi connectivity index (χ2n) is 7.37. The van der Waals surface area contributed by atoms with E-state index in [4.69, 9.17) is 21.1 Å². The maximum atomic E-state index is 12.2. The van der Waals surface area contributed by atoms with Crippen molar-refractivity contribution in [2.45, 2.75) is 52.0 Å². The minimum Gasteiger partial charge on any atom is -0.486 e. The number of ether oxygens (including phenoxy) is 2. The topological polar surface area (TPSA) is 64.6 Å². The van der Waals surface area contributed by atoms with Gasteiger partial charge in [-0.2, -0.15) is 0 Å². The number of hydrogen-bond acceptors (Lipinski definition) is 4. The number of amides is 1. The predicted molar refractivity (Wildman–Crippen MR) is 124 cm³/mol. The number of benzene rings is 2. The van der Waals surface area contributed by atoms with Gasteiger partial charge < -0.3 is 14.8 Å². The molecule has 1 aliphatic carbocycles. The van der Waals surface area contributed by atoms with Crippen LogP contribution >= 0.6 is 11.6 Å². The molecule has 3 rings (SSSR count). The van der Waals surface area contributed by atoms with E-state index in [9.17, 15) is 9.59 Å². The Morgan fingerprint density at radius 1 is 0.871 bits per heavy atom. The average Bonchev–Trinajstić information content (AvgIpc) is 2.81. The van der Waals surface area contributed by atoms with E-state index in [1.54, 1.807) is 24.3 Å². The number of halogens is 1. The summed E-state index contributed by atoms with van der Waals surface area (Å²) in [6.07, 6.45) is 4.15.